The molecule has 1 aliphatic heterocycles. The fourth-order valence-corrected chi connectivity index (χ4v) is 1.75. The van der Waals surface area contributed by atoms with Gasteiger partial charge >= 0.3 is 0 Å². The van der Waals surface area contributed by atoms with Gasteiger partial charge in [-0.1, -0.05) is 0 Å². The Balaban J connectivity index is 2.23. The molecule has 1 unspecified atom stereocenters. The van der Waals surface area contributed by atoms with Gasteiger partial charge < -0.3 is 14.4 Å². The molecule has 1 saturated heterocycles. The minimum Gasteiger partial charge on any atom is -0.472 e. The Hall–Kier alpha value is -0.800. The third-order valence-electron chi connectivity index (χ3n) is 2.50. The molecule has 1 aromatic rings. The van der Waals surface area contributed by atoms with Crippen molar-refractivity contribution in [3.63, 3.8) is 0 Å². The lowest BCUT2D eigenvalue weighted by molar-refractivity contribution is 0.0483. The highest BCUT2D eigenvalue weighted by Gasteiger charge is 2.36. The Bertz CT molecular complexity index is 258. The lowest BCUT2D eigenvalue weighted by atomic mass is 9.96. The van der Waals surface area contributed by atoms with Crippen LogP contribution in [0.25, 0.3) is 0 Å². The third kappa shape index (κ3) is 1.15. The van der Waals surface area contributed by atoms with E-state index < -0.39 is 5.60 Å². The number of likely N-dealkylation sites (tertiary alicyclic amines) is 1. The number of rotatable bonds is 1. The van der Waals surface area contributed by atoms with Crippen molar-refractivity contribution in [2.24, 2.45) is 0 Å². The number of likely N-dealkylation sites (N-methyl/N-ethyl adjacent to an activating group) is 1. The van der Waals surface area contributed by atoms with E-state index in [4.69, 9.17) is 4.42 Å². The van der Waals surface area contributed by atoms with Crippen LogP contribution in [0.4, 0.5) is 0 Å². The molecule has 0 saturated carbocycles. The molecule has 0 aromatic carbocycles. The SMILES string of the molecule is CN1CCC(O)(c2ccoc2)C1. The quantitative estimate of drug-likeness (QED) is 0.672. The molecule has 1 N–H and O–H groups in total. The van der Waals surface area contributed by atoms with Crippen molar-refractivity contribution in [1.29, 1.82) is 0 Å². The molecule has 0 spiro atoms. The summed E-state index contributed by atoms with van der Waals surface area (Å²) in [5.41, 5.74) is 0.216. The number of β-amino-alcohol motifs (C(OH)–C–C–N with tert-alkyl or cyclic N) is 1. The summed E-state index contributed by atoms with van der Waals surface area (Å²) in [6.45, 7) is 1.65. The van der Waals surface area contributed by atoms with Crippen molar-refractivity contribution in [2.45, 2.75) is 12.0 Å². The summed E-state index contributed by atoms with van der Waals surface area (Å²) in [4.78, 5) is 2.12. The number of hydrogen-bond acceptors (Lipinski definition) is 3. The van der Waals surface area contributed by atoms with Gasteiger partial charge in [0.2, 0.25) is 0 Å². The summed E-state index contributed by atoms with van der Waals surface area (Å²) in [5.74, 6) is 0. The molecule has 1 aromatic heterocycles. The van der Waals surface area contributed by atoms with Gasteiger partial charge in [-0.05, 0) is 19.5 Å². The molecule has 0 amide bonds. The van der Waals surface area contributed by atoms with Crippen LogP contribution in [0.2, 0.25) is 0 Å². The van der Waals surface area contributed by atoms with Crippen molar-refractivity contribution >= 4 is 0 Å². The molecule has 66 valence electrons. The Morgan fingerprint density at radius 1 is 1.67 bits per heavy atom. The van der Waals surface area contributed by atoms with E-state index >= 15 is 0 Å². The first kappa shape index (κ1) is 7.83. The highest BCUT2D eigenvalue weighted by Crippen LogP contribution is 2.30. The van der Waals surface area contributed by atoms with E-state index in [1.807, 2.05) is 13.1 Å². The van der Waals surface area contributed by atoms with Crippen LogP contribution in [0.3, 0.4) is 0 Å². The topological polar surface area (TPSA) is 36.6 Å². The molecular weight excluding hydrogens is 154 g/mol. The second kappa shape index (κ2) is 2.61. The largest absolute Gasteiger partial charge is 0.472 e. The fourth-order valence-electron chi connectivity index (χ4n) is 1.75. The standard InChI is InChI=1S/C9H13NO2/c1-10-4-3-9(11,7-10)8-2-5-12-6-8/h2,5-6,11H,3-4,7H2,1H3. The molecular formula is C9H13NO2. The molecule has 3 nitrogen and oxygen atoms in total. The van der Waals surface area contributed by atoms with Crippen molar-refractivity contribution in [1.82, 2.24) is 4.90 Å². The molecule has 1 atom stereocenters. The summed E-state index contributed by atoms with van der Waals surface area (Å²) in [7, 11) is 2.01. The Morgan fingerprint density at radius 3 is 3.00 bits per heavy atom. The summed E-state index contributed by atoms with van der Waals surface area (Å²) >= 11 is 0. The lowest BCUT2D eigenvalue weighted by Crippen LogP contribution is -2.28. The molecule has 1 fully saturated rings. The fraction of sp³-hybridized carbons (Fsp3) is 0.556. The van der Waals surface area contributed by atoms with Crippen molar-refractivity contribution in [2.75, 3.05) is 20.1 Å². The van der Waals surface area contributed by atoms with Gasteiger partial charge in [-0.15, -0.1) is 0 Å². The van der Waals surface area contributed by atoms with E-state index in [2.05, 4.69) is 4.90 Å². The Labute approximate surface area is 71.6 Å². The van der Waals surface area contributed by atoms with E-state index in [9.17, 15) is 5.11 Å². The van der Waals surface area contributed by atoms with Gasteiger partial charge in [0.25, 0.3) is 0 Å². The smallest absolute Gasteiger partial charge is 0.107 e. The van der Waals surface area contributed by atoms with Crippen LogP contribution >= 0.6 is 0 Å². The van der Waals surface area contributed by atoms with Crippen molar-refractivity contribution in [3.8, 4) is 0 Å². The van der Waals surface area contributed by atoms with Crippen LogP contribution in [0.1, 0.15) is 12.0 Å². The van der Waals surface area contributed by atoms with Gasteiger partial charge in [0.1, 0.15) is 5.60 Å². The molecule has 12 heavy (non-hydrogen) atoms. The predicted octanol–water partition coefficient (Wildman–Crippen LogP) is 0.803. The van der Waals surface area contributed by atoms with Crippen LogP contribution < -0.4 is 0 Å². The minimum atomic E-state index is -0.679. The first-order chi connectivity index (χ1) is 5.71. The van der Waals surface area contributed by atoms with Gasteiger partial charge in [-0.25, -0.2) is 0 Å². The van der Waals surface area contributed by atoms with E-state index in [0.717, 1.165) is 18.5 Å². The molecule has 3 heteroatoms. The van der Waals surface area contributed by atoms with E-state index in [-0.39, 0.29) is 0 Å². The van der Waals surface area contributed by atoms with Crippen LogP contribution in [0.15, 0.2) is 23.0 Å². The average molecular weight is 167 g/mol. The van der Waals surface area contributed by atoms with E-state index in [0.29, 0.717) is 6.54 Å². The Morgan fingerprint density at radius 2 is 2.50 bits per heavy atom. The van der Waals surface area contributed by atoms with Crippen LogP contribution in [-0.4, -0.2) is 30.1 Å². The second-order valence-electron chi connectivity index (χ2n) is 3.53. The molecule has 1 aliphatic rings. The molecule has 0 radical (unpaired) electrons. The summed E-state index contributed by atoms with van der Waals surface area (Å²) in [5, 5.41) is 10.1. The average Bonchev–Trinajstić information content (AvgIpc) is 2.59. The zero-order chi connectivity index (χ0) is 8.60. The molecule has 2 rings (SSSR count). The van der Waals surface area contributed by atoms with Gasteiger partial charge in [-0.3, -0.25) is 0 Å². The van der Waals surface area contributed by atoms with Crippen LogP contribution in [0, 0.1) is 0 Å². The monoisotopic (exact) mass is 167 g/mol. The maximum Gasteiger partial charge on any atom is 0.107 e. The maximum atomic E-state index is 10.1. The summed E-state index contributed by atoms with van der Waals surface area (Å²) in [6, 6.07) is 1.83. The minimum absolute atomic E-state index is 0.679. The second-order valence-corrected chi connectivity index (χ2v) is 3.53. The zero-order valence-electron chi connectivity index (χ0n) is 7.16. The van der Waals surface area contributed by atoms with Crippen molar-refractivity contribution in [3.05, 3.63) is 24.2 Å². The van der Waals surface area contributed by atoms with Crippen LogP contribution in [0.5, 0.6) is 0 Å². The number of furan rings is 1. The van der Waals surface area contributed by atoms with Crippen LogP contribution in [-0.2, 0) is 5.60 Å². The zero-order valence-corrected chi connectivity index (χ0v) is 7.16. The Kier molecular flexibility index (Phi) is 1.70. The summed E-state index contributed by atoms with van der Waals surface area (Å²) in [6.07, 6.45) is 4.02. The predicted molar refractivity (Wildman–Crippen MR) is 44.7 cm³/mol. The maximum absolute atomic E-state index is 10.1. The first-order valence-corrected chi connectivity index (χ1v) is 4.14. The highest BCUT2D eigenvalue weighted by molar-refractivity contribution is 5.18. The highest BCUT2D eigenvalue weighted by atomic mass is 16.3. The van der Waals surface area contributed by atoms with Crippen molar-refractivity contribution < 1.29 is 9.52 Å². The lowest BCUT2D eigenvalue weighted by Gasteiger charge is -2.20. The summed E-state index contributed by atoms with van der Waals surface area (Å²) < 4.78 is 4.95. The van der Waals surface area contributed by atoms with Gasteiger partial charge in [0.05, 0.1) is 12.5 Å². The molecule has 0 bridgehead atoms. The molecule has 0 aliphatic carbocycles. The third-order valence-corrected chi connectivity index (χ3v) is 2.50. The molecule has 2 heterocycles. The number of nitrogens with zero attached hydrogens (tertiary/aromatic N) is 1. The van der Waals surface area contributed by atoms with Gasteiger partial charge in [0, 0.05) is 18.7 Å². The van der Waals surface area contributed by atoms with Gasteiger partial charge in [-0.2, -0.15) is 0 Å². The van der Waals surface area contributed by atoms with E-state index in [1.54, 1.807) is 12.5 Å². The first-order valence-electron chi connectivity index (χ1n) is 4.14. The number of hydrogen-bond donors (Lipinski definition) is 1. The van der Waals surface area contributed by atoms with Gasteiger partial charge in [0.15, 0.2) is 0 Å². The van der Waals surface area contributed by atoms with E-state index in [1.165, 1.54) is 0 Å². The normalized spacial score (nSPS) is 31.2. The number of aliphatic hydroxyl groups is 1.